The number of imidazole rings is 1. The van der Waals surface area contributed by atoms with Crippen molar-refractivity contribution in [2.75, 3.05) is 19.7 Å². The molecule has 1 unspecified atom stereocenters. The second kappa shape index (κ2) is 5.38. The zero-order valence-corrected chi connectivity index (χ0v) is 11.5. The maximum Gasteiger partial charge on any atom is 0.260 e. The van der Waals surface area contributed by atoms with Crippen molar-refractivity contribution in [3.8, 4) is 0 Å². The van der Waals surface area contributed by atoms with Gasteiger partial charge in [0, 0.05) is 19.7 Å². The molecule has 102 valence electrons. The summed E-state index contributed by atoms with van der Waals surface area (Å²) in [6.45, 7) is 5.24. The summed E-state index contributed by atoms with van der Waals surface area (Å²) in [6, 6.07) is 0. The van der Waals surface area contributed by atoms with Crippen molar-refractivity contribution in [3.63, 3.8) is 0 Å². The highest BCUT2D eigenvalue weighted by Crippen LogP contribution is 2.20. The second-order valence-electron chi connectivity index (χ2n) is 4.42. The minimum atomic E-state index is -3.46. The fourth-order valence-electron chi connectivity index (χ4n) is 2.16. The lowest BCUT2D eigenvalue weighted by atomic mass is 10.1. The number of hydrogen-bond acceptors (Lipinski definition) is 4. The van der Waals surface area contributed by atoms with Crippen molar-refractivity contribution < 1.29 is 13.2 Å². The molecule has 1 atom stereocenters. The van der Waals surface area contributed by atoms with Crippen molar-refractivity contribution in [1.29, 1.82) is 0 Å². The standard InChI is InChI=1S/C11H19N3O3S/c1-3-17-10-5-4-6-14(8-10)18(15,16)11-7-12-9(2)13-11/h7,10H,3-6,8H2,1-2H3,(H,12,13). The number of nitrogens with zero attached hydrogens (tertiary/aromatic N) is 2. The van der Waals surface area contributed by atoms with E-state index in [-0.39, 0.29) is 11.1 Å². The summed E-state index contributed by atoms with van der Waals surface area (Å²) in [5.74, 6) is 0.604. The van der Waals surface area contributed by atoms with Crippen LogP contribution in [-0.4, -0.2) is 48.5 Å². The highest BCUT2D eigenvalue weighted by molar-refractivity contribution is 7.89. The second-order valence-corrected chi connectivity index (χ2v) is 6.32. The van der Waals surface area contributed by atoms with E-state index in [1.807, 2.05) is 6.92 Å². The van der Waals surface area contributed by atoms with Crippen LogP contribution < -0.4 is 0 Å². The van der Waals surface area contributed by atoms with E-state index in [0.717, 1.165) is 12.8 Å². The molecule has 2 heterocycles. The first kappa shape index (κ1) is 13.5. The number of aromatic nitrogens is 2. The highest BCUT2D eigenvalue weighted by atomic mass is 32.2. The Balaban J connectivity index is 2.15. The fourth-order valence-corrected chi connectivity index (χ4v) is 3.64. The summed E-state index contributed by atoms with van der Waals surface area (Å²) in [6.07, 6.45) is 3.12. The quantitative estimate of drug-likeness (QED) is 0.884. The van der Waals surface area contributed by atoms with Crippen LogP contribution in [0.2, 0.25) is 0 Å². The highest BCUT2D eigenvalue weighted by Gasteiger charge is 2.31. The number of aromatic amines is 1. The molecular formula is C11H19N3O3S. The molecule has 0 spiro atoms. The Labute approximate surface area is 107 Å². The first-order chi connectivity index (χ1) is 8.54. The van der Waals surface area contributed by atoms with Gasteiger partial charge in [-0.15, -0.1) is 0 Å². The third-order valence-electron chi connectivity index (χ3n) is 3.04. The zero-order valence-electron chi connectivity index (χ0n) is 10.7. The van der Waals surface area contributed by atoms with Crippen LogP contribution in [0, 0.1) is 6.92 Å². The summed E-state index contributed by atoms with van der Waals surface area (Å²) in [7, 11) is -3.46. The van der Waals surface area contributed by atoms with E-state index in [0.29, 0.717) is 25.5 Å². The Kier molecular flexibility index (Phi) is 4.04. The number of piperidine rings is 1. The van der Waals surface area contributed by atoms with Crippen molar-refractivity contribution in [1.82, 2.24) is 14.3 Å². The summed E-state index contributed by atoms with van der Waals surface area (Å²) >= 11 is 0. The molecule has 0 aromatic carbocycles. The average molecular weight is 273 g/mol. The first-order valence-corrected chi connectivity index (χ1v) is 7.61. The van der Waals surface area contributed by atoms with Crippen LogP contribution in [0.25, 0.3) is 0 Å². The molecule has 18 heavy (non-hydrogen) atoms. The van der Waals surface area contributed by atoms with Crippen LogP contribution in [0.15, 0.2) is 11.2 Å². The lowest BCUT2D eigenvalue weighted by Crippen LogP contribution is -2.43. The molecule has 0 aliphatic carbocycles. The number of hydrogen-bond donors (Lipinski definition) is 1. The van der Waals surface area contributed by atoms with Gasteiger partial charge < -0.3 is 9.72 Å². The number of H-pyrrole nitrogens is 1. The molecule has 0 radical (unpaired) electrons. The van der Waals surface area contributed by atoms with Gasteiger partial charge in [0.25, 0.3) is 10.0 Å². The van der Waals surface area contributed by atoms with E-state index in [9.17, 15) is 8.42 Å². The van der Waals surface area contributed by atoms with E-state index < -0.39 is 10.0 Å². The van der Waals surface area contributed by atoms with Gasteiger partial charge in [0.2, 0.25) is 0 Å². The summed E-state index contributed by atoms with van der Waals surface area (Å²) in [5, 5.41) is 0.164. The molecule has 1 fully saturated rings. The van der Waals surface area contributed by atoms with Crippen LogP contribution in [-0.2, 0) is 14.8 Å². The number of ether oxygens (including phenoxy) is 1. The van der Waals surface area contributed by atoms with Gasteiger partial charge in [-0.05, 0) is 26.7 Å². The van der Waals surface area contributed by atoms with Gasteiger partial charge in [0.15, 0.2) is 5.03 Å². The lowest BCUT2D eigenvalue weighted by molar-refractivity contribution is 0.0264. The SMILES string of the molecule is CCOC1CCCN(S(=O)(=O)c2cnc(C)[nH]2)C1. The van der Waals surface area contributed by atoms with Crippen LogP contribution in [0.3, 0.4) is 0 Å². The van der Waals surface area contributed by atoms with Crippen LogP contribution in [0.4, 0.5) is 0 Å². The minimum Gasteiger partial charge on any atom is -0.377 e. The molecule has 0 bridgehead atoms. The monoisotopic (exact) mass is 273 g/mol. The van der Waals surface area contributed by atoms with E-state index in [4.69, 9.17) is 4.74 Å². The zero-order chi connectivity index (χ0) is 13.2. The first-order valence-electron chi connectivity index (χ1n) is 6.17. The maximum atomic E-state index is 12.3. The normalized spacial score (nSPS) is 22.2. The molecule has 2 rings (SSSR count). The van der Waals surface area contributed by atoms with Crippen molar-refractivity contribution >= 4 is 10.0 Å². The van der Waals surface area contributed by atoms with E-state index in [1.54, 1.807) is 6.92 Å². The molecule has 1 N–H and O–H groups in total. The fraction of sp³-hybridized carbons (Fsp3) is 0.727. The Morgan fingerprint density at radius 3 is 3.00 bits per heavy atom. The van der Waals surface area contributed by atoms with Gasteiger partial charge in [-0.3, -0.25) is 0 Å². The molecule has 7 heteroatoms. The predicted molar refractivity (Wildman–Crippen MR) is 66.7 cm³/mol. The van der Waals surface area contributed by atoms with Crippen molar-refractivity contribution in [2.24, 2.45) is 0 Å². The predicted octanol–water partition coefficient (Wildman–Crippen LogP) is 0.908. The Hall–Kier alpha value is -0.920. The van der Waals surface area contributed by atoms with E-state index in [2.05, 4.69) is 9.97 Å². The van der Waals surface area contributed by atoms with Crippen LogP contribution >= 0.6 is 0 Å². The average Bonchev–Trinajstić information content (AvgIpc) is 2.77. The Morgan fingerprint density at radius 1 is 1.61 bits per heavy atom. The number of aryl methyl sites for hydroxylation is 1. The number of sulfonamides is 1. The number of nitrogens with one attached hydrogen (secondary N) is 1. The van der Waals surface area contributed by atoms with Gasteiger partial charge in [-0.2, -0.15) is 4.31 Å². The summed E-state index contributed by atoms with van der Waals surface area (Å²) < 4.78 is 31.7. The molecule has 0 saturated carbocycles. The minimum absolute atomic E-state index is 0.00235. The molecule has 0 amide bonds. The van der Waals surface area contributed by atoms with Crippen LogP contribution in [0.1, 0.15) is 25.6 Å². The topological polar surface area (TPSA) is 75.3 Å². The largest absolute Gasteiger partial charge is 0.377 e. The smallest absolute Gasteiger partial charge is 0.260 e. The third-order valence-corrected chi connectivity index (χ3v) is 4.82. The molecule has 1 aliphatic rings. The third kappa shape index (κ3) is 2.73. The van der Waals surface area contributed by atoms with Gasteiger partial charge in [0.1, 0.15) is 5.82 Å². The molecular weight excluding hydrogens is 254 g/mol. The maximum absolute atomic E-state index is 12.3. The van der Waals surface area contributed by atoms with Gasteiger partial charge in [0.05, 0.1) is 12.3 Å². The van der Waals surface area contributed by atoms with Gasteiger partial charge >= 0.3 is 0 Å². The summed E-state index contributed by atoms with van der Waals surface area (Å²) in [4.78, 5) is 6.72. The molecule has 1 aromatic rings. The van der Waals surface area contributed by atoms with Crippen molar-refractivity contribution in [3.05, 3.63) is 12.0 Å². The van der Waals surface area contributed by atoms with Gasteiger partial charge in [-0.25, -0.2) is 13.4 Å². The number of rotatable bonds is 4. The molecule has 6 nitrogen and oxygen atoms in total. The molecule has 1 aliphatic heterocycles. The Morgan fingerprint density at radius 2 is 2.39 bits per heavy atom. The lowest BCUT2D eigenvalue weighted by Gasteiger charge is -2.31. The van der Waals surface area contributed by atoms with Crippen molar-refractivity contribution in [2.45, 2.75) is 37.8 Å². The summed E-state index contributed by atoms with van der Waals surface area (Å²) in [5.41, 5.74) is 0. The molecule has 1 saturated heterocycles. The molecule has 1 aromatic heterocycles. The van der Waals surface area contributed by atoms with E-state index >= 15 is 0 Å². The van der Waals surface area contributed by atoms with E-state index in [1.165, 1.54) is 10.5 Å². The Bertz CT molecular complexity index is 495. The van der Waals surface area contributed by atoms with Gasteiger partial charge in [-0.1, -0.05) is 0 Å². The van der Waals surface area contributed by atoms with Crippen LogP contribution in [0.5, 0.6) is 0 Å².